The van der Waals surface area contributed by atoms with Gasteiger partial charge in [-0.2, -0.15) is 0 Å². The van der Waals surface area contributed by atoms with Crippen molar-refractivity contribution in [1.29, 1.82) is 0 Å². The lowest BCUT2D eigenvalue weighted by Gasteiger charge is -2.46. The number of aliphatic hydroxyl groups is 1. The highest BCUT2D eigenvalue weighted by atomic mass is 16.6. The van der Waals surface area contributed by atoms with Crippen molar-refractivity contribution in [2.75, 3.05) is 45.0 Å². The molecule has 3 aliphatic rings. The Hall–Kier alpha value is -6.41. The van der Waals surface area contributed by atoms with Crippen molar-refractivity contribution in [3.05, 3.63) is 162 Å². The number of esters is 1. The van der Waals surface area contributed by atoms with Gasteiger partial charge in [-0.05, 0) is 52.6 Å². The van der Waals surface area contributed by atoms with Crippen LogP contribution >= 0.6 is 0 Å². The molecule has 8 rings (SSSR count). The number of methoxy groups -OCH3 is 1. The lowest BCUT2D eigenvalue weighted by atomic mass is 9.65. The van der Waals surface area contributed by atoms with Crippen LogP contribution in [0.25, 0.3) is 0 Å². The molecular weight excluding hydrogens is 753 g/mol. The second-order valence-electron chi connectivity index (χ2n) is 14.5. The molecule has 0 radical (unpaired) electrons. The second-order valence-corrected chi connectivity index (χ2v) is 14.5. The molecule has 2 fully saturated rings. The summed E-state index contributed by atoms with van der Waals surface area (Å²) in [6.45, 7) is -0.00621. The van der Waals surface area contributed by atoms with E-state index in [9.17, 15) is 9.90 Å². The topological polar surface area (TPSA) is 157 Å². The third-order valence-electron chi connectivity index (χ3n) is 11.3. The fourth-order valence-electron chi connectivity index (χ4n) is 9.00. The molecule has 0 bridgehead atoms. The Kier molecular flexibility index (Phi) is 11.5. The number of imide groups is 1. The third kappa shape index (κ3) is 7.11. The number of morpholine rings is 1. The Morgan fingerprint density at radius 3 is 2.19 bits per heavy atom. The first-order valence-electron chi connectivity index (χ1n) is 19.6. The number of benzene rings is 4. The summed E-state index contributed by atoms with van der Waals surface area (Å²) >= 11 is 0. The number of nitrogens with one attached hydrogen (secondary N) is 1. The number of fused-ring (bicyclic) bond motifs is 3. The van der Waals surface area contributed by atoms with Crippen LogP contribution in [0.2, 0.25) is 0 Å². The van der Waals surface area contributed by atoms with Crippen LogP contribution in [0, 0.1) is 5.92 Å². The van der Waals surface area contributed by atoms with Gasteiger partial charge in [0.1, 0.15) is 36.5 Å². The molecule has 59 heavy (non-hydrogen) atoms. The van der Waals surface area contributed by atoms with Crippen LogP contribution < -0.4 is 15.0 Å². The molecule has 0 aliphatic carbocycles. The number of amides is 3. The monoisotopic (exact) mass is 796 g/mol. The van der Waals surface area contributed by atoms with Gasteiger partial charge in [-0.25, -0.2) is 9.69 Å². The highest BCUT2D eigenvalue weighted by molar-refractivity contribution is 6.23. The zero-order valence-electron chi connectivity index (χ0n) is 32.4. The first kappa shape index (κ1) is 39.4. The van der Waals surface area contributed by atoms with E-state index in [0.717, 1.165) is 21.7 Å². The summed E-state index contributed by atoms with van der Waals surface area (Å²) in [5, 5.41) is 12.5. The van der Waals surface area contributed by atoms with Gasteiger partial charge in [-0.15, -0.1) is 0 Å². The van der Waals surface area contributed by atoms with Gasteiger partial charge in [0.25, 0.3) is 0 Å². The van der Waals surface area contributed by atoms with Crippen molar-refractivity contribution in [2.45, 2.75) is 36.1 Å². The molecule has 1 aromatic heterocycles. The maximum Gasteiger partial charge on any atom is 0.421 e. The summed E-state index contributed by atoms with van der Waals surface area (Å²) in [5.74, 6) is -2.92. The van der Waals surface area contributed by atoms with E-state index in [4.69, 9.17) is 18.9 Å². The number of hydrogen-bond donors (Lipinski definition) is 2. The van der Waals surface area contributed by atoms with Gasteiger partial charge in [0.15, 0.2) is 0 Å². The first-order valence-corrected chi connectivity index (χ1v) is 19.6. The van der Waals surface area contributed by atoms with Gasteiger partial charge in [0, 0.05) is 32.0 Å². The molecule has 5 aromatic rings. The van der Waals surface area contributed by atoms with Crippen LogP contribution in [-0.2, 0) is 40.4 Å². The van der Waals surface area contributed by atoms with Crippen LogP contribution in [0.4, 0.5) is 10.5 Å². The van der Waals surface area contributed by atoms with E-state index in [1.165, 1.54) is 7.11 Å². The SMILES string of the molecule is COCCOC(=O)N1C(=O)C2(c3ccccc31)C(C(=O)NCCc1ccccn1)C1C(=O)OC(c3ccccc3)C(c3ccccc3)N1C2c1ccc(OCCO)cc1. The van der Waals surface area contributed by atoms with Gasteiger partial charge in [0.05, 0.1) is 36.9 Å². The zero-order valence-corrected chi connectivity index (χ0v) is 32.4. The largest absolute Gasteiger partial charge is 0.491 e. The van der Waals surface area contributed by atoms with E-state index >= 15 is 14.4 Å². The average Bonchev–Trinajstić information content (AvgIpc) is 3.73. The second kappa shape index (κ2) is 17.2. The number of para-hydroxylation sites is 1. The minimum Gasteiger partial charge on any atom is -0.491 e. The Morgan fingerprint density at radius 2 is 1.49 bits per heavy atom. The fourth-order valence-corrected chi connectivity index (χ4v) is 9.00. The molecule has 302 valence electrons. The molecule has 13 nitrogen and oxygen atoms in total. The zero-order chi connectivity index (χ0) is 40.9. The highest BCUT2D eigenvalue weighted by Gasteiger charge is 2.75. The Morgan fingerprint density at radius 1 is 0.797 bits per heavy atom. The number of carbonyl (C=O) groups is 4. The van der Waals surface area contributed by atoms with Crippen molar-refractivity contribution in [1.82, 2.24) is 15.2 Å². The predicted molar refractivity (Wildman–Crippen MR) is 215 cm³/mol. The van der Waals surface area contributed by atoms with Crippen molar-refractivity contribution >= 4 is 29.6 Å². The number of ether oxygens (including phenoxy) is 4. The van der Waals surface area contributed by atoms with Crippen LogP contribution in [0.3, 0.4) is 0 Å². The predicted octanol–water partition coefficient (Wildman–Crippen LogP) is 5.26. The maximum absolute atomic E-state index is 15.9. The average molecular weight is 797 g/mol. The van der Waals surface area contributed by atoms with Crippen molar-refractivity contribution in [3.63, 3.8) is 0 Å². The number of rotatable bonds is 13. The summed E-state index contributed by atoms with van der Waals surface area (Å²) in [4.78, 5) is 67.6. The van der Waals surface area contributed by atoms with Gasteiger partial charge in [-0.1, -0.05) is 97.1 Å². The molecule has 6 unspecified atom stereocenters. The van der Waals surface area contributed by atoms with E-state index in [1.807, 2.05) is 77.7 Å². The minimum atomic E-state index is -1.89. The summed E-state index contributed by atoms with van der Waals surface area (Å²) in [6, 6.07) is 35.3. The molecule has 1 spiro atoms. The number of carbonyl (C=O) groups excluding carboxylic acids is 4. The number of hydrogen-bond acceptors (Lipinski definition) is 11. The Bertz CT molecular complexity index is 2280. The lowest BCUT2D eigenvalue weighted by molar-refractivity contribution is -0.178. The van der Waals surface area contributed by atoms with Gasteiger partial charge in [-0.3, -0.25) is 24.3 Å². The number of pyridine rings is 1. The minimum absolute atomic E-state index is 0.0638. The van der Waals surface area contributed by atoms with Gasteiger partial charge >= 0.3 is 12.1 Å². The summed E-state index contributed by atoms with van der Waals surface area (Å²) in [6.07, 6.45) is 0.258. The fraction of sp³-hybridized carbons (Fsp3) is 0.283. The van der Waals surface area contributed by atoms with Crippen molar-refractivity contribution in [3.8, 4) is 5.75 Å². The molecule has 2 N–H and O–H groups in total. The third-order valence-corrected chi connectivity index (χ3v) is 11.3. The van der Waals surface area contributed by atoms with E-state index < -0.39 is 59.4 Å². The van der Waals surface area contributed by atoms with Gasteiger partial charge < -0.3 is 29.4 Å². The smallest absolute Gasteiger partial charge is 0.421 e. The van der Waals surface area contributed by atoms with E-state index in [-0.39, 0.29) is 38.7 Å². The number of nitrogens with zero attached hydrogens (tertiary/aromatic N) is 3. The molecule has 13 heteroatoms. The van der Waals surface area contributed by atoms with Crippen molar-refractivity contribution < 1.29 is 43.2 Å². The lowest BCUT2D eigenvalue weighted by Crippen LogP contribution is -2.56. The van der Waals surface area contributed by atoms with E-state index in [2.05, 4.69) is 10.3 Å². The molecular formula is C46H44N4O9. The summed E-state index contributed by atoms with van der Waals surface area (Å²) in [7, 11) is 1.47. The molecule has 0 saturated carbocycles. The molecule has 2 saturated heterocycles. The number of anilines is 1. The Labute approximate surface area is 341 Å². The van der Waals surface area contributed by atoms with Gasteiger partial charge in [0.2, 0.25) is 11.8 Å². The normalized spacial score (nSPS) is 23.4. The number of cyclic esters (lactones) is 1. The molecule has 3 aliphatic heterocycles. The number of aliphatic hydroxyl groups excluding tert-OH is 1. The molecule has 3 amide bonds. The Balaban J connectivity index is 1.37. The number of aromatic nitrogens is 1. The molecule has 4 heterocycles. The molecule has 6 atom stereocenters. The highest BCUT2D eigenvalue weighted by Crippen LogP contribution is 2.65. The quantitative estimate of drug-likeness (QED) is 0.118. The standard InChI is InChI=1S/C46H44N4O9/c1-56-28-29-58-45(55)49-36-18-9-8-17-35(36)46(44(49)54)37(42(52)48-25-23-33-16-10-11-24-47-33)39-43(53)59-40(31-14-6-3-7-15-31)38(30-12-4-2-5-13-30)50(39)41(46)32-19-21-34(22-20-32)57-27-26-51/h2-22,24,37-41,51H,23,25-29H2,1H3,(H,48,52). The molecule has 4 aromatic carbocycles. The van der Waals surface area contributed by atoms with Crippen LogP contribution in [-0.4, -0.2) is 85.0 Å². The van der Waals surface area contributed by atoms with Crippen molar-refractivity contribution in [2.24, 2.45) is 5.92 Å². The maximum atomic E-state index is 15.9. The first-order chi connectivity index (χ1) is 28.9. The van der Waals surface area contributed by atoms with Crippen LogP contribution in [0.1, 0.15) is 46.1 Å². The summed E-state index contributed by atoms with van der Waals surface area (Å²) < 4.78 is 22.9. The summed E-state index contributed by atoms with van der Waals surface area (Å²) in [5.41, 5.74) is 1.57. The van der Waals surface area contributed by atoms with E-state index in [0.29, 0.717) is 23.3 Å². The van der Waals surface area contributed by atoms with Crippen LogP contribution in [0.5, 0.6) is 5.75 Å². The van der Waals surface area contributed by atoms with E-state index in [1.54, 1.807) is 60.8 Å². The van der Waals surface area contributed by atoms with Crippen LogP contribution in [0.15, 0.2) is 134 Å².